The summed E-state index contributed by atoms with van der Waals surface area (Å²) in [5.74, 6) is -0.919. The summed E-state index contributed by atoms with van der Waals surface area (Å²) in [7, 11) is 0. The number of hydrogen-bond donors (Lipinski definition) is 3. The molecule has 4 N–H and O–H groups in total. The van der Waals surface area contributed by atoms with Gasteiger partial charge in [-0.25, -0.2) is 4.68 Å². The molecule has 0 aliphatic carbocycles. The van der Waals surface area contributed by atoms with Crippen LogP contribution in [-0.4, -0.2) is 41.2 Å². The van der Waals surface area contributed by atoms with Gasteiger partial charge in [-0.05, 0) is 43.5 Å². The standard InChI is InChI=1S/C18H23N5O2.ClH/c1-18(7-9-20-10-8-18)12-21-17(25)14-11-15(16(19)24)23(22-14)13-5-3-2-4-6-13;/h2-6,11,20H,7-10,12H2,1H3,(H2,19,24)(H,21,25);1H. The van der Waals surface area contributed by atoms with E-state index in [1.165, 1.54) is 10.7 Å². The van der Waals surface area contributed by atoms with E-state index in [2.05, 4.69) is 22.7 Å². The van der Waals surface area contributed by atoms with Crippen LogP contribution in [0.2, 0.25) is 0 Å². The van der Waals surface area contributed by atoms with Crippen molar-refractivity contribution in [3.8, 4) is 5.69 Å². The largest absolute Gasteiger partial charge is 0.364 e. The van der Waals surface area contributed by atoms with E-state index in [0.717, 1.165) is 25.9 Å². The Kier molecular flexibility index (Phi) is 6.39. The Morgan fingerprint density at radius 1 is 1.27 bits per heavy atom. The molecule has 0 atom stereocenters. The van der Waals surface area contributed by atoms with E-state index in [0.29, 0.717) is 12.2 Å². The Balaban J connectivity index is 0.00000243. The fourth-order valence-electron chi connectivity index (χ4n) is 3.02. The van der Waals surface area contributed by atoms with E-state index in [9.17, 15) is 9.59 Å². The van der Waals surface area contributed by atoms with Gasteiger partial charge in [-0.1, -0.05) is 25.1 Å². The van der Waals surface area contributed by atoms with Crippen molar-refractivity contribution in [2.24, 2.45) is 11.1 Å². The van der Waals surface area contributed by atoms with Crippen LogP contribution >= 0.6 is 12.4 Å². The minimum Gasteiger partial charge on any atom is -0.364 e. The van der Waals surface area contributed by atoms with Crippen molar-refractivity contribution in [3.63, 3.8) is 0 Å². The van der Waals surface area contributed by atoms with Crippen LogP contribution in [-0.2, 0) is 0 Å². The number of nitrogens with two attached hydrogens (primary N) is 1. The highest BCUT2D eigenvalue weighted by Crippen LogP contribution is 2.26. The maximum atomic E-state index is 12.5. The number of carbonyl (C=O) groups is 2. The Labute approximate surface area is 158 Å². The summed E-state index contributed by atoms with van der Waals surface area (Å²) in [6.07, 6.45) is 2.02. The average molecular weight is 378 g/mol. The topological polar surface area (TPSA) is 102 Å². The smallest absolute Gasteiger partial charge is 0.271 e. The molecule has 1 aliphatic heterocycles. The highest BCUT2D eigenvalue weighted by molar-refractivity contribution is 5.97. The molecule has 1 fully saturated rings. The first kappa shape index (κ1) is 19.9. The van der Waals surface area contributed by atoms with E-state index in [1.807, 2.05) is 18.2 Å². The zero-order valence-electron chi connectivity index (χ0n) is 14.7. The molecule has 1 aliphatic rings. The van der Waals surface area contributed by atoms with Crippen molar-refractivity contribution in [1.82, 2.24) is 20.4 Å². The van der Waals surface area contributed by atoms with Gasteiger partial charge in [0.2, 0.25) is 0 Å². The minimum absolute atomic E-state index is 0. The Morgan fingerprint density at radius 2 is 1.92 bits per heavy atom. The number of benzene rings is 1. The summed E-state index contributed by atoms with van der Waals surface area (Å²) < 4.78 is 1.41. The number of hydrogen-bond acceptors (Lipinski definition) is 4. The average Bonchev–Trinajstić information content (AvgIpc) is 3.07. The number of amides is 2. The summed E-state index contributed by atoms with van der Waals surface area (Å²) in [4.78, 5) is 24.2. The first-order chi connectivity index (χ1) is 12.0. The lowest BCUT2D eigenvalue weighted by Gasteiger charge is -2.34. The zero-order chi connectivity index (χ0) is 17.9. The van der Waals surface area contributed by atoms with Crippen molar-refractivity contribution in [2.45, 2.75) is 19.8 Å². The Bertz CT molecular complexity index is 769. The van der Waals surface area contributed by atoms with Crippen molar-refractivity contribution >= 4 is 24.2 Å². The van der Waals surface area contributed by atoms with Crippen LogP contribution in [0.4, 0.5) is 0 Å². The summed E-state index contributed by atoms with van der Waals surface area (Å²) in [5.41, 5.74) is 6.57. The van der Waals surface area contributed by atoms with E-state index >= 15 is 0 Å². The maximum absolute atomic E-state index is 12.5. The number of rotatable bonds is 5. The fraction of sp³-hybridized carbons (Fsp3) is 0.389. The van der Waals surface area contributed by atoms with Gasteiger partial charge in [0.05, 0.1) is 5.69 Å². The first-order valence-corrected chi connectivity index (χ1v) is 8.43. The molecule has 140 valence electrons. The Morgan fingerprint density at radius 3 is 2.54 bits per heavy atom. The third-order valence-corrected chi connectivity index (χ3v) is 4.68. The molecule has 2 aromatic rings. The molecule has 7 nitrogen and oxygen atoms in total. The van der Waals surface area contributed by atoms with E-state index in [4.69, 9.17) is 5.73 Å². The van der Waals surface area contributed by atoms with Gasteiger partial charge < -0.3 is 16.4 Å². The fourth-order valence-corrected chi connectivity index (χ4v) is 3.02. The second-order valence-electron chi connectivity index (χ2n) is 6.77. The lowest BCUT2D eigenvalue weighted by Crippen LogP contribution is -2.43. The van der Waals surface area contributed by atoms with Crippen LogP contribution in [0.15, 0.2) is 36.4 Å². The van der Waals surface area contributed by atoms with Crippen LogP contribution in [0.3, 0.4) is 0 Å². The number of para-hydroxylation sites is 1. The molecule has 0 saturated carbocycles. The predicted octanol–water partition coefficient (Wildman–Crippen LogP) is 1.51. The van der Waals surface area contributed by atoms with Crippen molar-refractivity contribution in [2.75, 3.05) is 19.6 Å². The van der Waals surface area contributed by atoms with E-state index in [-0.39, 0.29) is 35.1 Å². The third kappa shape index (κ3) is 4.42. The molecule has 0 radical (unpaired) electrons. The third-order valence-electron chi connectivity index (χ3n) is 4.68. The normalized spacial score (nSPS) is 15.7. The minimum atomic E-state index is -0.624. The van der Waals surface area contributed by atoms with E-state index < -0.39 is 5.91 Å². The molecular weight excluding hydrogens is 354 g/mol. The molecule has 3 rings (SSSR count). The lowest BCUT2D eigenvalue weighted by atomic mass is 9.81. The molecule has 1 aromatic carbocycles. The number of halogens is 1. The van der Waals surface area contributed by atoms with Crippen molar-refractivity contribution in [1.29, 1.82) is 0 Å². The summed E-state index contributed by atoms with van der Waals surface area (Å²) in [6.45, 7) is 4.67. The van der Waals surface area contributed by atoms with Crippen LogP contribution in [0.5, 0.6) is 0 Å². The number of primary amides is 1. The maximum Gasteiger partial charge on any atom is 0.271 e. The summed E-state index contributed by atoms with van der Waals surface area (Å²) in [5, 5.41) is 10.5. The zero-order valence-corrected chi connectivity index (χ0v) is 15.5. The molecule has 0 bridgehead atoms. The van der Waals surface area contributed by atoms with Gasteiger partial charge in [0, 0.05) is 12.6 Å². The van der Waals surface area contributed by atoms with Crippen LogP contribution in [0, 0.1) is 5.41 Å². The molecule has 1 aromatic heterocycles. The monoisotopic (exact) mass is 377 g/mol. The second kappa shape index (κ2) is 8.33. The van der Waals surface area contributed by atoms with Crippen molar-refractivity contribution in [3.05, 3.63) is 47.8 Å². The molecule has 2 heterocycles. The molecule has 8 heteroatoms. The lowest BCUT2D eigenvalue weighted by molar-refractivity contribution is 0.0916. The van der Waals surface area contributed by atoms with Crippen LogP contribution in [0.25, 0.3) is 5.69 Å². The van der Waals surface area contributed by atoms with Gasteiger partial charge in [0.25, 0.3) is 11.8 Å². The number of nitrogens with one attached hydrogen (secondary N) is 2. The van der Waals surface area contributed by atoms with Gasteiger partial charge in [-0.3, -0.25) is 9.59 Å². The van der Waals surface area contributed by atoms with Gasteiger partial charge in [-0.15, -0.1) is 12.4 Å². The van der Waals surface area contributed by atoms with Gasteiger partial charge in [-0.2, -0.15) is 5.10 Å². The molecule has 26 heavy (non-hydrogen) atoms. The highest BCUT2D eigenvalue weighted by Gasteiger charge is 2.28. The molecular formula is C18H24ClN5O2. The van der Waals surface area contributed by atoms with E-state index in [1.54, 1.807) is 12.1 Å². The molecule has 0 unspecified atom stereocenters. The number of piperidine rings is 1. The van der Waals surface area contributed by atoms with Gasteiger partial charge >= 0.3 is 0 Å². The van der Waals surface area contributed by atoms with Crippen LogP contribution < -0.4 is 16.4 Å². The SMILES string of the molecule is CC1(CNC(=O)c2cc(C(N)=O)n(-c3ccccc3)n2)CCNCC1.Cl. The van der Waals surface area contributed by atoms with Gasteiger partial charge in [0.1, 0.15) is 5.69 Å². The van der Waals surface area contributed by atoms with Gasteiger partial charge in [0.15, 0.2) is 5.69 Å². The molecule has 2 amide bonds. The number of aromatic nitrogens is 2. The predicted molar refractivity (Wildman–Crippen MR) is 102 cm³/mol. The summed E-state index contributed by atoms with van der Waals surface area (Å²) >= 11 is 0. The number of nitrogens with zero attached hydrogens (tertiary/aromatic N) is 2. The summed E-state index contributed by atoms with van der Waals surface area (Å²) in [6, 6.07) is 10.6. The molecule has 0 spiro atoms. The highest BCUT2D eigenvalue weighted by atomic mass is 35.5. The Hall–Kier alpha value is -2.38. The quantitative estimate of drug-likeness (QED) is 0.735. The van der Waals surface area contributed by atoms with Crippen LogP contribution in [0.1, 0.15) is 40.7 Å². The van der Waals surface area contributed by atoms with Crippen molar-refractivity contribution < 1.29 is 9.59 Å². The molecule has 1 saturated heterocycles. The first-order valence-electron chi connectivity index (χ1n) is 8.43. The number of carbonyl (C=O) groups excluding carboxylic acids is 2. The second-order valence-corrected chi connectivity index (χ2v) is 6.77.